The van der Waals surface area contributed by atoms with Crippen LogP contribution >= 0.6 is 0 Å². The molecule has 2 rings (SSSR count). The summed E-state index contributed by atoms with van der Waals surface area (Å²) in [7, 11) is 3.10. The van der Waals surface area contributed by atoms with E-state index in [-0.39, 0.29) is 36.2 Å². The second kappa shape index (κ2) is 12.9. The third kappa shape index (κ3) is 8.40. The molecule has 178 valence electrons. The Labute approximate surface area is 191 Å². The van der Waals surface area contributed by atoms with Gasteiger partial charge in [0.15, 0.2) is 17.5 Å². The Morgan fingerprint density at radius 1 is 1.09 bits per heavy atom. The molecule has 1 saturated carbocycles. The van der Waals surface area contributed by atoms with Gasteiger partial charge in [0.05, 0.1) is 26.6 Å². The molecule has 1 aliphatic carbocycles. The van der Waals surface area contributed by atoms with Gasteiger partial charge in [0.2, 0.25) is 11.8 Å². The van der Waals surface area contributed by atoms with Crippen LogP contribution in [0.15, 0.2) is 18.2 Å². The highest BCUT2D eigenvalue weighted by Gasteiger charge is 2.24. The van der Waals surface area contributed by atoms with Gasteiger partial charge < -0.3 is 20.1 Å². The number of nitrogens with one attached hydrogen (secondary N) is 4. The van der Waals surface area contributed by atoms with Crippen LogP contribution in [0.25, 0.3) is 0 Å². The van der Waals surface area contributed by atoms with Crippen LogP contribution in [-0.4, -0.2) is 44.6 Å². The summed E-state index contributed by atoms with van der Waals surface area (Å²) < 4.78 is 10.5. The van der Waals surface area contributed by atoms with Gasteiger partial charge in [-0.05, 0) is 42.9 Å². The minimum Gasteiger partial charge on any atom is -0.493 e. The molecule has 32 heavy (non-hydrogen) atoms. The van der Waals surface area contributed by atoms with E-state index in [9.17, 15) is 9.59 Å². The molecule has 4 N–H and O–H groups in total. The molecule has 0 heterocycles. The molecule has 1 fully saturated rings. The number of amides is 2. The van der Waals surface area contributed by atoms with E-state index in [1.165, 1.54) is 6.42 Å². The van der Waals surface area contributed by atoms with Crippen LogP contribution < -0.4 is 25.4 Å². The number of rotatable bonds is 10. The highest BCUT2D eigenvalue weighted by molar-refractivity contribution is 5.96. The van der Waals surface area contributed by atoms with E-state index in [1.807, 2.05) is 0 Å². The fourth-order valence-corrected chi connectivity index (χ4v) is 4.05. The maximum Gasteiger partial charge on any atom is 0.231 e. The third-order valence-electron chi connectivity index (χ3n) is 5.68. The Kier molecular flexibility index (Phi) is 10.3. The summed E-state index contributed by atoms with van der Waals surface area (Å²) in [5, 5.41) is 16.7. The molecule has 1 aromatic rings. The number of ether oxygens (including phenoxy) is 2. The van der Waals surface area contributed by atoms with E-state index in [1.54, 1.807) is 32.4 Å². The molecule has 0 saturated heterocycles. The lowest BCUT2D eigenvalue weighted by molar-refractivity contribution is -0.126. The lowest BCUT2D eigenvalue weighted by Gasteiger charge is -2.26. The molecule has 0 aromatic heterocycles. The van der Waals surface area contributed by atoms with Crippen molar-refractivity contribution in [3.8, 4) is 11.5 Å². The lowest BCUT2D eigenvalue weighted by Crippen LogP contribution is -2.47. The van der Waals surface area contributed by atoms with Crippen LogP contribution in [0.4, 0.5) is 0 Å². The van der Waals surface area contributed by atoms with Gasteiger partial charge in [-0.2, -0.15) is 0 Å². The maximum atomic E-state index is 12.8. The zero-order chi connectivity index (χ0) is 23.5. The second-order valence-corrected chi connectivity index (χ2v) is 8.84. The average molecular weight is 447 g/mol. The monoisotopic (exact) mass is 446 g/mol. The van der Waals surface area contributed by atoms with Crippen LogP contribution in [0.2, 0.25) is 0 Å². The van der Waals surface area contributed by atoms with Crippen LogP contribution in [0.5, 0.6) is 11.5 Å². The quantitative estimate of drug-likeness (QED) is 0.326. The highest BCUT2D eigenvalue weighted by Crippen LogP contribution is 2.27. The maximum absolute atomic E-state index is 12.8. The van der Waals surface area contributed by atoms with Crippen molar-refractivity contribution in [2.45, 2.75) is 64.8 Å². The number of guanidine groups is 1. The summed E-state index contributed by atoms with van der Waals surface area (Å²) in [6.45, 7) is 4.47. The lowest BCUT2D eigenvalue weighted by atomic mass is 9.92. The first kappa shape index (κ1) is 25.5. The summed E-state index contributed by atoms with van der Waals surface area (Å²) in [6, 6.07) is 5.52. The molecule has 8 heteroatoms. The minimum atomic E-state index is -0.318. The number of carbonyl (C=O) groups is 2. The summed E-state index contributed by atoms with van der Waals surface area (Å²) in [4.78, 5) is 25.2. The van der Waals surface area contributed by atoms with Crippen molar-refractivity contribution in [2.24, 2.45) is 11.8 Å². The Morgan fingerprint density at radius 3 is 2.41 bits per heavy atom. The third-order valence-corrected chi connectivity index (χ3v) is 5.68. The second-order valence-electron chi connectivity index (χ2n) is 8.84. The van der Waals surface area contributed by atoms with Gasteiger partial charge in [-0.3, -0.25) is 20.3 Å². The zero-order valence-corrected chi connectivity index (χ0v) is 19.8. The first-order chi connectivity index (χ1) is 15.3. The molecule has 8 nitrogen and oxygen atoms in total. The summed E-state index contributed by atoms with van der Waals surface area (Å²) in [6.07, 6.45) is 6.46. The molecule has 0 bridgehead atoms. The summed E-state index contributed by atoms with van der Waals surface area (Å²) in [5.74, 6) is 0.854. The molecular formula is C24H38N4O4. The summed E-state index contributed by atoms with van der Waals surface area (Å²) >= 11 is 0. The average Bonchev–Trinajstić information content (AvgIpc) is 2.76. The molecule has 1 atom stereocenters. The van der Waals surface area contributed by atoms with Gasteiger partial charge in [0.25, 0.3) is 0 Å². The molecule has 2 amide bonds. The van der Waals surface area contributed by atoms with E-state index < -0.39 is 0 Å². The van der Waals surface area contributed by atoms with Crippen molar-refractivity contribution < 1.29 is 19.1 Å². The van der Waals surface area contributed by atoms with Crippen molar-refractivity contribution in [3.63, 3.8) is 0 Å². The largest absolute Gasteiger partial charge is 0.493 e. The zero-order valence-electron chi connectivity index (χ0n) is 19.8. The highest BCUT2D eigenvalue weighted by atomic mass is 16.5. The molecule has 0 spiro atoms. The standard InChI is InChI=1S/C24H38N4O4/c1-16(2)12-18(23(30)27-19-8-6-5-7-9-19)15-26-24(25)28-22(29)14-17-10-11-20(31-3)21(13-17)32-4/h10-11,13,16,18-19H,5-9,12,14-15H2,1-4H3,(H,27,30)(H3,25,26,28,29)/t18-/m0/s1. The van der Waals surface area contributed by atoms with Crippen LogP contribution in [-0.2, 0) is 16.0 Å². The predicted molar refractivity (Wildman–Crippen MR) is 125 cm³/mol. The molecule has 0 unspecified atom stereocenters. The van der Waals surface area contributed by atoms with Crippen molar-refractivity contribution in [2.75, 3.05) is 20.8 Å². The first-order valence-corrected chi connectivity index (χ1v) is 11.5. The predicted octanol–water partition coefficient (Wildman–Crippen LogP) is 3.00. The van der Waals surface area contributed by atoms with Crippen LogP contribution in [0.3, 0.4) is 0 Å². The Bertz CT molecular complexity index is 775. The van der Waals surface area contributed by atoms with Crippen molar-refractivity contribution in [3.05, 3.63) is 23.8 Å². The first-order valence-electron chi connectivity index (χ1n) is 11.5. The van der Waals surface area contributed by atoms with E-state index in [0.29, 0.717) is 24.0 Å². The Balaban J connectivity index is 1.84. The molecule has 0 radical (unpaired) electrons. The van der Waals surface area contributed by atoms with Crippen molar-refractivity contribution in [1.82, 2.24) is 16.0 Å². The van der Waals surface area contributed by atoms with Gasteiger partial charge in [-0.25, -0.2) is 0 Å². The molecule has 1 aliphatic rings. The number of carbonyl (C=O) groups excluding carboxylic acids is 2. The topological polar surface area (TPSA) is 113 Å². The van der Waals surface area contributed by atoms with Gasteiger partial charge >= 0.3 is 0 Å². The number of methoxy groups -OCH3 is 2. The Morgan fingerprint density at radius 2 is 1.78 bits per heavy atom. The van der Waals surface area contributed by atoms with E-state index >= 15 is 0 Å². The fourth-order valence-electron chi connectivity index (χ4n) is 4.05. The van der Waals surface area contributed by atoms with Crippen molar-refractivity contribution >= 4 is 17.8 Å². The minimum absolute atomic E-state index is 0.0301. The summed E-state index contributed by atoms with van der Waals surface area (Å²) in [5.41, 5.74) is 0.748. The normalized spacial score (nSPS) is 15.0. The van der Waals surface area contributed by atoms with Gasteiger partial charge in [0.1, 0.15) is 0 Å². The van der Waals surface area contributed by atoms with E-state index in [0.717, 1.165) is 37.7 Å². The van der Waals surface area contributed by atoms with Crippen LogP contribution in [0, 0.1) is 17.2 Å². The smallest absolute Gasteiger partial charge is 0.231 e. The number of hydrogen-bond acceptors (Lipinski definition) is 5. The van der Waals surface area contributed by atoms with E-state index in [2.05, 4.69) is 29.8 Å². The van der Waals surface area contributed by atoms with Crippen molar-refractivity contribution in [1.29, 1.82) is 5.41 Å². The SMILES string of the molecule is COc1ccc(CC(=O)NC(=N)NC[C@H](CC(C)C)C(=O)NC2CCCCC2)cc1OC. The number of benzene rings is 1. The Hall–Kier alpha value is -2.77. The number of hydrogen-bond donors (Lipinski definition) is 4. The van der Waals surface area contributed by atoms with Crippen LogP contribution in [0.1, 0.15) is 57.9 Å². The van der Waals surface area contributed by atoms with Gasteiger partial charge in [-0.1, -0.05) is 39.2 Å². The van der Waals surface area contributed by atoms with E-state index in [4.69, 9.17) is 14.9 Å². The van der Waals surface area contributed by atoms with Gasteiger partial charge in [-0.15, -0.1) is 0 Å². The fraction of sp³-hybridized carbons (Fsp3) is 0.625. The molecule has 1 aromatic carbocycles. The molecular weight excluding hydrogens is 408 g/mol. The molecule has 0 aliphatic heterocycles. The van der Waals surface area contributed by atoms with Gasteiger partial charge in [0, 0.05) is 12.6 Å².